The molecule has 0 atom stereocenters. The van der Waals surface area contributed by atoms with Crippen molar-refractivity contribution in [2.75, 3.05) is 17.3 Å². The number of hydrogen-bond acceptors (Lipinski definition) is 5. The van der Waals surface area contributed by atoms with Crippen LogP contribution < -0.4 is 10.2 Å². The van der Waals surface area contributed by atoms with Gasteiger partial charge in [0.2, 0.25) is 5.95 Å². The summed E-state index contributed by atoms with van der Waals surface area (Å²) in [4.78, 5) is 6.87. The number of aromatic nitrogens is 3. The minimum Gasteiger partial charge on any atom is -0.393 e. The lowest BCUT2D eigenvalue weighted by Gasteiger charge is -2.34. The van der Waals surface area contributed by atoms with Crippen molar-refractivity contribution < 1.29 is 5.11 Å². The van der Waals surface area contributed by atoms with Crippen molar-refractivity contribution in [1.29, 1.82) is 0 Å². The van der Waals surface area contributed by atoms with Crippen molar-refractivity contribution in [3.05, 3.63) is 48.0 Å². The zero-order chi connectivity index (χ0) is 18.1. The zero-order valence-electron chi connectivity index (χ0n) is 15.3. The summed E-state index contributed by atoms with van der Waals surface area (Å²) in [6.45, 7) is 2.07. The molecule has 1 saturated carbocycles. The van der Waals surface area contributed by atoms with Gasteiger partial charge >= 0.3 is 0 Å². The van der Waals surface area contributed by atoms with Crippen LogP contribution in [0, 0.1) is 6.92 Å². The van der Waals surface area contributed by atoms with Crippen molar-refractivity contribution >= 4 is 23.1 Å². The van der Waals surface area contributed by atoms with Gasteiger partial charge in [0.05, 0.1) is 6.10 Å². The van der Waals surface area contributed by atoms with Crippen LogP contribution in [0.5, 0.6) is 0 Å². The molecule has 0 unspecified atom stereocenters. The predicted molar refractivity (Wildman–Crippen MR) is 104 cm³/mol. The molecule has 26 heavy (non-hydrogen) atoms. The Labute approximate surface area is 153 Å². The molecule has 6 nitrogen and oxygen atoms in total. The average Bonchev–Trinajstić information content (AvgIpc) is 3.06. The van der Waals surface area contributed by atoms with Crippen LogP contribution >= 0.6 is 0 Å². The molecule has 6 heteroatoms. The number of nitrogens with zero attached hydrogens (tertiary/aromatic N) is 4. The standard InChI is InChI=1S/C20H25N5O/c1-14-6-8-15(9-7-14)21-20-22-18-4-3-5-19(25(18)23-20)24(2)16-10-12-17(26)13-11-16/h3-9,16-17,26H,10-13H2,1-2H3,(H,21,23)/t16-,17+. The Balaban J connectivity index is 1.60. The molecule has 3 aromatic rings. The fraction of sp³-hybridized carbons (Fsp3) is 0.400. The van der Waals surface area contributed by atoms with Crippen LogP contribution in [0.1, 0.15) is 31.2 Å². The Bertz CT molecular complexity index is 881. The number of fused-ring (bicyclic) bond motifs is 1. The number of aryl methyl sites for hydroxylation is 1. The minimum atomic E-state index is -0.146. The van der Waals surface area contributed by atoms with E-state index in [1.165, 1.54) is 5.56 Å². The molecule has 0 radical (unpaired) electrons. The molecular weight excluding hydrogens is 326 g/mol. The third kappa shape index (κ3) is 3.37. The number of anilines is 3. The van der Waals surface area contributed by atoms with Gasteiger partial charge in [-0.05, 0) is 56.9 Å². The number of pyridine rings is 1. The third-order valence-corrected chi connectivity index (χ3v) is 5.22. The van der Waals surface area contributed by atoms with Crippen molar-refractivity contribution in [3.63, 3.8) is 0 Å². The molecule has 1 aliphatic rings. The molecular formula is C20H25N5O. The van der Waals surface area contributed by atoms with Crippen LogP contribution in [-0.4, -0.2) is 38.9 Å². The van der Waals surface area contributed by atoms with Crippen molar-refractivity contribution in [2.24, 2.45) is 0 Å². The molecule has 2 N–H and O–H groups in total. The summed E-state index contributed by atoms with van der Waals surface area (Å²) in [6.07, 6.45) is 3.58. The molecule has 1 fully saturated rings. The van der Waals surface area contributed by atoms with E-state index < -0.39 is 0 Å². The highest BCUT2D eigenvalue weighted by Crippen LogP contribution is 2.27. The van der Waals surface area contributed by atoms with Gasteiger partial charge in [0.1, 0.15) is 5.82 Å². The first-order chi connectivity index (χ1) is 12.6. The molecule has 4 rings (SSSR count). The smallest absolute Gasteiger partial charge is 0.247 e. The lowest BCUT2D eigenvalue weighted by Crippen LogP contribution is -2.37. The Kier molecular flexibility index (Phi) is 4.51. The van der Waals surface area contributed by atoms with E-state index in [0.717, 1.165) is 42.8 Å². The summed E-state index contributed by atoms with van der Waals surface area (Å²) >= 11 is 0. The molecule has 0 spiro atoms. The van der Waals surface area contributed by atoms with Crippen LogP contribution in [0.25, 0.3) is 5.65 Å². The Morgan fingerprint density at radius 1 is 1.08 bits per heavy atom. The van der Waals surface area contributed by atoms with E-state index in [9.17, 15) is 5.11 Å². The number of benzene rings is 1. The number of hydrogen-bond donors (Lipinski definition) is 2. The molecule has 0 saturated heterocycles. The molecule has 0 aliphatic heterocycles. The molecule has 1 aromatic carbocycles. The van der Waals surface area contributed by atoms with E-state index in [-0.39, 0.29) is 6.10 Å². The van der Waals surface area contributed by atoms with E-state index in [2.05, 4.69) is 52.5 Å². The van der Waals surface area contributed by atoms with E-state index >= 15 is 0 Å². The van der Waals surface area contributed by atoms with Gasteiger partial charge in [-0.25, -0.2) is 0 Å². The van der Waals surface area contributed by atoms with Gasteiger partial charge in [-0.15, -0.1) is 5.10 Å². The molecule has 136 valence electrons. The summed E-state index contributed by atoms with van der Waals surface area (Å²) in [5.41, 5.74) is 3.02. The van der Waals surface area contributed by atoms with Gasteiger partial charge in [-0.3, -0.25) is 0 Å². The second-order valence-corrected chi connectivity index (χ2v) is 7.15. The fourth-order valence-corrected chi connectivity index (χ4v) is 3.61. The topological polar surface area (TPSA) is 65.7 Å². The lowest BCUT2D eigenvalue weighted by atomic mass is 9.92. The third-order valence-electron chi connectivity index (χ3n) is 5.22. The maximum atomic E-state index is 9.76. The first-order valence-corrected chi connectivity index (χ1v) is 9.20. The van der Waals surface area contributed by atoms with Gasteiger partial charge in [0.15, 0.2) is 5.65 Å². The SMILES string of the molecule is Cc1ccc(Nc2nc3cccc(N(C)[C@H]4CC[C@@H](O)CC4)n3n2)cc1. The van der Waals surface area contributed by atoms with Crippen molar-refractivity contribution in [1.82, 2.24) is 14.6 Å². The molecule has 2 heterocycles. The maximum Gasteiger partial charge on any atom is 0.247 e. The number of aliphatic hydroxyl groups is 1. The number of nitrogens with one attached hydrogen (secondary N) is 1. The predicted octanol–water partition coefficient (Wildman–Crippen LogP) is 3.52. The monoisotopic (exact) mass is 351 g/mol. The fourth-order valence-electron chi connectivity index (χ4n) is 3.61. The highest BCUT2D eigenvalue weighted by molar-refractivity contribution is 5.58. The quantitative estimate of drug-likeness (QED) is 0.753. The molecule has 0 amide bonds. The maximum absolute atomic E-state index is 9.76. The van der Waals surface area contributed by atoms with E-state index in [4.69, 9.17) is 0 Å². The second kappa shape index (κ2) is 6.96. The van der Waals surface area contributed by atoms with Gasteiger partial charge in [0.25, 0.3) is 0 Å². The van der Waals surface area contributed by atoms with Gasteiger partial charge in [-0.1, -0.05) is 23.8 Å². The molecule has 2 aromatic heterocycles. The average molecular weight is 351 g/mol. The molecule has 0 bridgehead atoms. The summed E-state index contributed by atoms with van der Waals surface area (Å²) in [5, 5.41) is 17.7. The van der Waals surface area contributed by atoms with Gasteiger partial charge in [-0.2, -0.15) is 9.50 Å². The van der Waals surface area contributed by atoms with Crippen LogP contribution in [-0.2, 0) is 0 Å². The van der Waals surface area contributed by atoms with Gasteiger partial charge < -0.3 is 15.3 Å². The summed E-state index contributed by atoms with van der Waals surface area (Å²) in [6, 6.07) is 14.7. The highest BCUT2D eigenvalue weighted by Gasteiger charge is 2.24. The number of rotatable bonds is 4. The Morgan fingerprint density at radius 2 is 1.81 bits per heavy atom. The number of aliphatic hydroxyl groups excluding tert-OH is 1. The molecule has 1 aliphatic carbocycles. The largest absolute Gasteiger partial charge is 0.393 e. The van der Waals surface area contributed by atoms with Crippen molar-refractivity contribution in [2.45, 2.75) is 44.8 Å². The lowest BCUT2D eigenvalue weighted by molar-refractivity contribution is 0.122. The Morgan fingerprint density at radius 3 is 2.54 bits per heavy atom. The summed E-state index contributed by atoms with van der Waals surface area (Å²) in [5.74, 6) is 1.61. The van der Waals surface area contributed by atoms with Gasteiger partial charge in [0, 0.05) is 18.8 Å². The van der Waals surface area contributed by atoms with E-state index in [1.54, 1.807) is 0 Å². The van der Waals surface area contributed by atoms with Crippen LogP contribution in [0.2, 0.25) is 0 Å². The highest BCUT2D eigenvalue weighted by atomic mass is 16.3. The summed E-state index contributed by atoms with van der Waals surface area (Å²) in [7, 11) is 2.10. The van der Waals surface area contributed by atoms with E-state index in [1.807, 2.05) is 28.8 Å². The zero-order valence-corrected chi connectivity index (χ0v) is 15.3. The first-order valence-electron chi connectivity index (χ1n) is 9.20. The van der Waals surface area contributed by atoms with Crippen LogP contribution in [0.4, 0.5) is 17.5 Å². The first kappa shape index (κ1) is 16.8. The minimum absolute atomic E-state index is 0.146. The van der Waals surface area contributed by atoms with Crippen LogP contribution in [0.3, 0.4) is 0 Å². The van der Waals surface area contributed by atoms with Crippen molar-refractivity contribution in [3.8, 4) is 0 Å². The normalized spacial score (nSPS) is 20.3. The van der Waals surface area contributed by atoms with E-state index in [0.29, 0.717) is 12.0 Å². The summed E-state index contributed by atoms with van der Waals surface area (Å²) < 4.78 is 1.89. The Hall–Kier alpha value is -2.60. The van der Waals surface area contributed by atoms with Crippen LogP contribution in [0.15, 0.2) is 42.5 Å². The second-order valence-electron chi connectivity index (χ2n) is 7.15.